The molecule has 6 heteroatoms. The minimum atomic E-state index is -1.08. The normalized spacial score (nSPS) is 40.1. The van der Waals surface area contributed by atoms with Crippen molar-refractivity contribution >= 4 is 27.7 Å². The lowest BCUT2D eigenvalue weighted by Crippen LogP contribution is -2.65. The first-order valence-corrected chi connectivity index (χ1v) is 13.9. The van der Waals surface area contributed by atoms with E-state index in [-0.39, 0.29) is 35.0 Å². The Morgan fingerprint density at radius 3 is 2.09 bits per heavy atom. The molecule has 1 aliphatic heterocycles. The average Bonchev–Trinajstić information content (AvgIpc) is 3.19. The summed E-state index contributed by atoms with van der Waals surface area (Å²) in [5.41, 5.74) is 11.6. The standard InChI is InChI=1S/C28H36BrN3O2/c29-21-9-7-20(8-10-21)28(25(31)34)23-12-11-22(26(23)13-14-26)27(28,24(30)33)19-5-3-18(4-6-19)17-32-15-1-2-16-32/h7-12,18-19,22-23H,1-6,13-17H2,(H2,30,33)(H2,31,34)/t18?,19?,22-,23+,27+,28-/m1/s1. The molecule has 2 bridgehead atoms. The first-order chi connectivity index (χ1) is 16.4. The van der Waals surface area contributed by atoms with Crippen LogP contribution in [0.1, 0.15) is 56.9 Å². The molecule has 182 valence electrons. The molecule has 5 aliphatic rings. The summed E-state index contributed by atoms with van der Waals surface area (Å²) in [5, 5.41) is 0. The van der Waals surface area contributed by atoms with Gasteiger partial charge in [0.15, 0.2) is 0 Å². The molecule has 6 rings (SSSR count). The number of primary amides is 2. The van der Waals surface area contributed by atoms with Crippen molar-refractivity contribution in [1.82, 2.24) is 4.90 Å². The number of hydrogen-bond donors (Lipinski definition) is 2. The van der Waals surface area contributed by atoms with E-state index in [4.69, 9.17) is 11.5 Å². The van der Waals surface area contributed by atoms with Gasteiger partial charge in [0.25, 0.3) is 0 Å². The smallest absolute Gasteiger partial charge is 0.229 e. The van der Waals surface area contributed by atoms with Crippen LogP contribution < -0.4 is 11.5 Å². The Hall–Kier alpha value is -1.66. The number of nitrogens with zero attached hydrogens (tertiary/aromatic N) is 1. The second kappa shape index (κ2) is 7.92. The minimum absolute atomic E-state index is 0.00113. The van der Waals surface area contributed by atoms with Crippen LogP contribution in [0.15, 0.2) is 40.9 Å². The highest BCUT2D eigenvalue weighted by atomic mass is 79.9. The van der Waals surface area contributed by atoms with Gasteiger partial charge in [-0.05, 0) is 105 Å². The zero-order chi connectivity index (χ0) is 23.7. The summed E-state index contributed by atoms with van der Waals surface area (Å²) >= 11 is 3.54. The molecule has 1 aromatic rings. The first kappa shape index (κ1) is 22.8. The number of benzene rings is 1. The molecule has 4 atom stereocenters. The molecule has 4 aliphatic carbocycles. The maximum atomic E-state index is 13.8. The van der Waals surface area contributed by atoms with Gasteiger partial charge >= 0.3 is 0 Å². The Balaban J connectivity index is 1.43. The molecule has 0 radical (unpaired) electrons. The summed E-state index contributed by atoms with van der Waals surface area (Å²) < 4.78 is 0.947. The van der Waals surface area contributed by atoms with Gasteiger partial charge in [0.1, 0.15) is 0 Å². The molecule has 1 spiro atoms. The zero-order valence-electron chi connectivity index (χ0n) is 19.8. The average molecular weight is 527 g/mol. The Morgan fingerprint density at radius 1 is 0.912 bits per heavy atom. The lowest BCUT2D eigenvalue weighted by atomic mass is 9.47. The predicted octanol–water partition coefficient (Wildman–Crippen LogP) is 4.14. The highest BCUT2D eigenvalue weighted by Crippen LogP contribution is 2.82. The molecule has 0 aromatic heterocycles. The van der Waals surface area contributed by atoms with E-state index in [9.17, 15) is 9.59 Å². The van der Waals surface area contributed by atoms with Gasteiger partial charge in [-0.1, -0.05) is 40.2 Å². The zero-order valence-corrected chi connectivity index (χ0v) is 21.4. The number of carbonyl (C=O) groups excluding carboxylic acids is 2. The van der Waals surface area contributed by atoms with E-state index in [0.29, 0.717) is 5.92 Å². The third-order valence-electron chi connectivity index (χ3n) is 10.5. The van der Waals surface area contributed by atoms with Crippen LogP contribution in [0.25, 0.3) is 0 Å². The quantitative estimate of drug-likeness (QED) is 0.546. The van der Waals surface area contributed by atoms with E-state index in [1.54, 1.807) is 0 Å². The van der Waals surface area contributed by atoms with E-state index in [1.165, 1.54) is 32.5 Å². The molecule has 4 fully saturated rings. The lowest BCUT2D eigenvalue weighted by Gasteiger charge is -2.53. The number of hydrogen-bond acceptors (Lipinski definition) is 3. The van der Waals surface area contributed by atoms with Crippen molar-refractivity contribution in [3.63, 3.8) is 0 Å². The monoisotopic (exact) mass is 525 g/mol. The first-order valence-electron chi connectivity index (χ1n) is 13.1. The molecule has 2 amide bonds. The van der Waals surface area contributed by atoms with Gasteiger partial charge in [-0.25, -0.2) is 0 Å². The molecule has 5 nitrogen and oxygen atoms in total. The summed E-state index contributed by atoms with van der Waals surface area (Å²) in [6, 6.07) is 7.92. The predicted molar refractivity (Wildman–Crippen MR) is 136 cm³/mol. The number of amides is 2. The molecule has 1 saturated heterocycles. The number of nitrogens with two attached hydrogens (primary N) is 2. The molecule has 1 aromatic carbocycles. The fraction of sp³-hybridized carbons (Fsp3) is 0.643. The van der Waals surface area contributed by atoms with Gasteiger partial charge in [0.05, 0.1) is 10.8 Å². The van der Waals surface area contributed by atoms with Crippen LogP contribution in [-0.2, 0) is 15.0 Å². The SMILES string of the molecule is NC(=O)[C@]1(C2CCC(CN3CCCC3)CC2)[C@@H]2C=C[C@@H](C23CC3)[C@@]1(C(N)=O)c1ccc(Br)cc1. The lowest BCUT2D eigenvalue weighted by molar-refractivity contribution is -0.150. The fourth-order valence-corrected chi connectivity index (χ4v) is 9.40. The number of carbonyl (C=O) groups is 2. The van der Waals surface area contributed by atoms with E-state index >= 15 is 0 Å². The molecule has 3 saturated carbocycles. The van der Waals surface area contributed by atoms with Crippen molar-refractivity contribution in [3.8, 4) is 0 Å². The Bertz CT molecular complexity index is 1020. The van der Waals surface area contributed by atoms with Gasteiger partial charge < -0.3 is 16.4 Å². The molecule has 0 unspecified atom stereocenters. The van der Waals surface area contributed by atoms with Crippen molar-refractivity contribution in [2.24, 2.45) is 46.0 Å². The topological polar surface area (TPSA) is 89.4 Å². The summed E-state index contributed by atoms with van der Waals surface area (Å²) in [6.45, 7) is 3.60. The van der Waals surface area contributed by atoms with E-state index in [0.717, 1.165) is 48.6 Å². The van der Waals surface area contributed by atoms with Crippen LogP contribution in [0, 0.1) is 34.5 Å². The van der Waals surface area contributed by atoms with Gasteiger partial charge in [-0.15, -0.1) is 0 Å². The second-order valence-electron chi connectivity index (χ2n) is 11.7. The van der Waals surface area contributed by atoms with Crippen molar-refractivity contribution in [2.75, 3.05) is 19.6 Å². The second-order valence-corrected chi connectivity index (χ2v) is 12.6. The fourth-order valence-electron chi connectivity index (χ4n) is 9.13. The van der Waals surface area contributed by atoms with Gasteiger partial charge in [-0.2, -0.15) is 0 Å². The van der Waals surface area contributed by atoms with Gasteiger partial charge in [0.2, 0.25) is 11.8 Å². The third kappa shape index (κ3) is 2.81. The van der Waals surface area contributed by atoms with Crippen LogP contribution in [0.4, 0.5) is 0 Å². The van der Waals surface area contributed by atoms with Crippen LogP contribution in [0.2, 0.25) is 0 Å². The minimum Gasteiger partial charge on any atom is -0.369 e. The van der Waals surface area contributed by atoms with Crippen molar-refractivity contribution in [3.05, 3.63) is 46.5 Å². The van der Waals surface area contributed by atoms with Crippen molar-refractivity contribution in [1.29, 1.82) is 0 Å². The highest BCUT2D eigenvalue weighted by Gasteiger charge is 2.84. The van der Waals surface area contributed by atoms with E-state index < -0.39 is 10.8 Å². The Labute approximate surface area is 210 Å². The largest absolute Gasteiger partial charge is 0.369 e. The van der Waals surface area contributed by atoms with Crippen LogP contribution in [-0.4, -0.2) is 36.3 Å². The molecule has 1 heterocycles. The van der Waals surface area contributed by atoms with E-state index in [1.807, 2.05) is 24.3 Å². The summed E-state index contributed by atoms with van der Waals surface area (Å²) in [6.07, 6.45) is 13.2. The van der Waals surface area contributed by atoms with Gasteiger partial charge in [0, 0.05) is 16.9 Å². The maximum absolute atomic E-state index is 13.8. The van der Waals surface area contributed by atoms with E-state index in [2.05, 4.69) is 33.0 Å². The van der Waals surface area contributed by atoms with Crippen LogP contribution in [0.5, 0.6) is 0 Å². The van der Waals surface area contributed by atoms with Crippen molar-refractivity contribution in [2.45, 2.75) is 56.8 Å². The maximum Gasteiger partial charge on any atom is 0.229 e. The summed E-state index contributed by atoms with van der Waals surface area (Å²) in [4.78, 5) is 30.1. The molecular weight excluding hydrogens is 490 g/mol. The molecule has 4 N–H and O–H groups in total. The molecular formula is C28H36BrN3O2. The van der Waals surface area contributed by atoms with Crippen LogP contribution in [0.3, 0.4) is 0 Å². The van der Waals surface area contributed by atoms with Gasteiger partial charge in [-0.3, -0.25) is 9.59 Å². The Kier molecular flexibility index (Phi) is 5.31. The number of allylic oxidation sites excluding steroid dienone is 2. The number of halogens is 1. The number of likely N-dealkylation sites (tertiary alicyclic amines) is 1. The third-order valence-corrected chi connectivity index (χ3v) is 11.0. The Morgan fingerprint density at radius 2 is 1.53 bits per heavy atom. The molecule has 34 heavy (non-hydrogen) atoms. The van der Waals surface area contributed by atoms with Crippen LogP contribution >= 0.6 is 15.9 Å². The highest BCUT2D eigenvalue weighted by molar-refractivity contribution is 9.10. The van der Waals surface area contributed by atoms with Crippen molar-refractivity contribution < 1.29 is 9.59 Å². The summed E-state index contributed by atoms with van der Waals surface area (Å²) in [7, 11) is 0. The summed E-state index contributed by atoms with van der Waals surface area (Å²) in [5.74, 6) is -0.0131. The number of rotatable bonds is 6.